The molecule has 1 aliphatic carbocycles. The Hall–Kier alpha value is -1.61. The highest BCUT2D eigenvalue weighted by atomic mass is 32.1. The van der Waals surface area contributed by atoms with E-state index in [2.05, 4.69) is 60.0 Å². The molecular weight excluding hydrogens is 276 g/mol. The molecule has 1 saturated carbocycles. The van der Waals surface area contributed by atoms with Crippen LogP contribution in [0.3, 0.4) is 0 Å². The van der Waals surface area contributed by atoms with Crippen molar-refractivity contribution in [3.05, 3.63) is 42.5 Å². The van der Waals surface area contributed by atoms with Crippen LogP contribution in [0, 0.1) is 5.92 Å². The summed E-state index contributed by atoms with van der Waals surface area (Å²) >= 11 is 5.47. The van der Waals surface area contributed by atoms with Crippen LogP contribution in [-0.2, 0) is 0 Å². The topological polar surface area (TPSA) is 24.1 Å². The Bertz CT molecular complexity index is 638. The van der Waals surface area contributed by atoms with Gasteiger partial charge in [-0.15, -0.1) is 0 Å². The van der Waals surface area contributed by atoms with Crippen molar-refractivity contribution >= 4 is 33.8 Å². The lowest BCUT2D eigenvalue weighted by atomic mass is 9.86. The Morgan fingerprint density at radius 2 is 1.81 bits per heavy atom. The molecule has 1 fully saturated rings. The Labute approximate surface area is 131 Å². The van der Waals surface area contributed by atoms with Crippen LogP contribution in [0.15, 0.2) is 42.5 Å². The number of hydrogen-bond donors (Lipinski definition) is 2. The minimum Gasteiger partial charge on any atom is -0.359 e. The number of hydrogen-bond acceptors (Lipinski definition) is 1. The first-order valence-corrected chi connectivity index (χ1v) is 8.19. The summed E-state index contributed by atoms with van der Waals surface area (Å²) in [7, 11) is 0. The Balaban J connectivity index is 1.65. The smallest absolute Gasteiger partial charge is 0.171 e. The maximum atomic E-state index is 5.47. The van der Waals surface area contributed by atoms with Crippen LogP contribution in [0.2, 0.25) is 0 Å². The highest BCUT2D eigenvalue weighted by molar-refractivity contribution is 7.80. The summed E-state index contributed by atoms with van der Waals surface area (Å²) in [6.07, 6.45) is 5.18. The van der Waals surface area contributed by atoms with E-state index in [0.717, 1.165) is 10.8 Å². The van der Waals surface area contributed by atoms with Crippen LogP contribution in [0.5, 0.6) is 0 Å². The van der Waals surface area contributed by atoms with Crippen LogP contribution in [0.25, 0.3) is 10.8 Å². The SMILES string of the molecule is C[C@H]1CCCC[C@@H]1NC(=S)Nc1ccc2ccccc2c1. The molecule has 0 saturated heterocycles. The van der Waals surface area contributed by atoms with Gasteiger partial charge in [-0.2, -0.15) is 0 Å². The van der Waals surface area contributed by atoms with Crippen molar-refractivity contribution in [3.63, 3.8) is 0 Å². The Morgan fingerprint density at radius 3 is 2.62 bits per heavy atom. The molecule has 3 heteroatoms. The molecule has 0 spiro atoms. The average Bonchev–Trinajstić information content (AvgIpc) is 2.49. The van der Waals surface area contributed by atoms with E-state index in [4.69, 9.17) is 12.2 Å². The summed E-state index contributed by atoms with van der Waals surface area (Å²) in [4.78, 5) is 0. The summed E-state index contributed by atoms with van der Waals surface area (Å²) in [5.41, 5.74) is 1.05. The molecule has 1 aliphatic rings. The number of anilines is 1. The molecule has 21 heavy (non-hydrogen) atoms. The molecule has 110 valence electrons. The van der Waals surface area contributed by atoms with Crippen molar-refractivity contribution in [2.45, 2.75) is 38.6 Å². The minimum absolute atomic E-state index is 0.513. The van der Waals surface area contributed by atoms with Crippen LogP contribution in [0.4, 0.5) is 5.69 Å². The van der Waals surface area contributed by atoms with Crippen LogP contribution in [-0.4, -0.2) is 11.2 Å². The zero-order chi connectivity index (χ0) is 14.7. The first kappa shape index (κ1) is 14.3. The quantitative estimate of drug-likeness (QED) is 0.786. The lowest BCUT2D eigenvalue weighted by Crippen LogP contribution is -2.43. The summed E-state index contributed by atoms with van der Waals surface area (Å²) in [6, 6.07) is 15.2. The van der Waals surface area contributed by atoms with Gasteiger partial charge in [0.2, 0.25) is 0 Å². The van der Waals surface area contributed by atoms with Gasteiger partial charge in [0.05, 0.1) is 0 Å². The monoisotopic (exact) mass is 298 g/mol. The van der Waals surface area contributed by atoms with Crippen LogP contribution < -0.4 is 10.6 Å². The van der Waals surface area contributed by atoms with E-state index in [1.54, 1.807) is 0 Å². The van der Waals surface area contributed by atoms with Crippen molar-refractivity contribution in [3.8, 4) is 0 Å². The number of nitrogens with one attached hydrogen (secondary N) is 2. The first-order chi connectivity index (χ1) is 10.2. The minimum atomic E-state index is 0.513. The average molecular weight is 298 g/mol. The lowest BCUT2D eigenvalue weighted by molar-refractivity contribution is 0.309. The highest BCUT2D eigenvalue weighted by Gasteiger charge is 2.21. The van der Waals surface area contributed by atoms with Crippen LogP contribution >= 0.6 is 12.2 Å². The maximum absolute atomic E-state index is 5.47. The number of fused-ring (bicyclic) bond motifs is 1. The predicted molar refractivity (Wildman–Crippen MR) is 94.7 cm³/mol. The van der Waals surface area contributed by atoms with E-state index >= 15 is 0 Å². The third-order valence-corrected chi connectivity index (χ3v) is 4.66. The van der Waals surface area contributed by atoms with Crippen molar-refractivity contribution < 1.29 is 0 Å². The molecule has 0 unspecified atom stereocenters. The van der Waals surface area contributed by atoms with Gasteiger partial charge in [0.15, 0.2) is 5.11 Å². The Kier molecular flexibility index (Phi) is 4.39. The third-order valence-electron chi connectivity index (χ3n) is 4.44. The van der Waals surface area contributed by atoms with Crippen LogP contribution in [0.1, 0.15) is 32.6 Å². The highest BCUT2D eigenvalue weighted by Crippen LogP contribution is 2.24. The zero-order valence-electron chi connectivity index (χ0n) is 12.4. The van der Waals surface area contributed by atoms with E-state index in [-0.39, 0.29) is 0 Å². The lowest BCUT2D eigenvalue weighted by Gasteiger charge is -2.30. The summed E-state index contributed by atoms with van der Waals surface area (Å²) in [5.74, 6) is 0.704. The second kappa shape index (κ2) is 6.44. The fourth-order valence-corrected chi connectivity index (χ4v) is 3.40. The summed E-state index contributed by atoms with van der Waals surface area (Å²) < 4.78 is 0. The molecule has 2 N–H and O–H groups in total. The predicted octanol–water partition coefficient (Wildman–Crippen LogP) is 4.70. The van der Waals surface area contributed by atoms with E-state index in [1.165, 1.54) is 36.5 Å². The molecule has 3 rings (SSSR count). The first-order valence-electron chi connectivity index (χ1n) is 7.79. The zero-order valence-corrected chi connectivity index (χ0v) is 13.2. The molecule has 0 radical (unpaired) electrons. The van der Waals surface area contributed by atoms with Gasteiger partial charge < -0.3 is 10.6 Å². The van der Waals surface area contributed by atoms with E-state index in [1.807, 2.05) is 0 Å². The van der Waals surface area contributed by atoms with E-state index < -0.39 is 0 Å². The molecular formula is C18H22N2S. The van der Waals surface area contributed by atoms with E-state index in [9.17, 15) is 0 Å². The summed E-state index contributed by atoms with van der Waals surface area (Å²) in [5, 5.41) is 10.0. The molecule has 0 amide bonds. The van der Waals surface area contributed by atoms with Crippen molar-refractivity contribution in [1.29, 1.82) is 0 Å². The largest absolute Gasteiger partial charge is 0.359 e. The van der Waals surface area contributed by atoms with Crippen molar-refractivity contribution in [2.24, 2.45) is 5.92 Å². The molecule has 0 aliphatic heterocycles. The Morgan fingerprint density at radius 1 is 1.05 bits per heavy atom. The third kappa shape index (κ3) is 3.53. The molecule has 0 heterocycles. The fourth-order valence-electron chi connectivity index (χ4n) is 3.13. The van der Waals surface area contributed by atoms with Crippen molar-refractivity contribution in [1.82, 2.24) is 5.32 Å². The van der Waals surface area contributed by atoms with Gasteiger partial charge >= 0.3 is 0 Å². The molecule has 2 aromatic carbocycles. The number of thiocarbonyl (C=S) groups is 1. The van der Waals surface area contributed by atoms with Gasteiger partial charge in [-0.05, 0) is 53.9 Å². The van der Waals surface area contributed by atoms with Gasteiger partial charge in [-0.3, -0.25) is 0 Å². The second-order valence-electron chi connectivity index (χ2n) is 6.03. The van der Waals surface area contributed by atoms with Crippen molar-refractivity contribution in [2.75, 3.05) is 5.32 Å². The number of rotatable bonds is 2. The van der Waals surface area contributed by atoms with Gasteiger partial charge in [0.25, 0.3) is 0 Å². The van der Waals surface area contributed by atoms with Gasteiger partial charge in [0, 0.05) is 11.7 Å². The maximum Gasteiger partial charge on any atom is 0.171 e. The number of benzene rings is 2. The van der Waals surface area contributed by atoms with E-state index in [0.29, 0.717) is 12.0 Å². The fraction of sp³-hybridized carbons (Fsp3) is 0.389. The van der Waals surface area contributed by atoms with Gasteiger partial charge in [0.1, 0.15) is 0 Å². The van der Waals surface area contributed by atoms with Gasteiger partial charge in [-0.25, -0.2) is 0 Å². The molecule has 2 atom stereocenters. The summed E-state index contributed by atoms with van der Waals surface area (Å²) in [6.45, 7) is 2.31. The second-order valence-corrected chi connectivity index (χ2v) is 6.44. The molecule has 2 nitrogen and oxygen atoms in total. The molecule has 2 aromatic rings. The molecule has 0 bridgehead atoms. The normalized spacial score (nSPS) is 22.0. The van der Waals surface area contributed by atoms with Gasteiger partial charge in [-0.1, -0.05) is 50.1 Å². The molecule has 0 aromatic heterocycles. The standard InChI is InChI=1S/C18H22N2S/c1-13-6-2-5-9-17(13)20-18(21)19-16-11-10-14-7-3-4-8-15(14)12-16/h3-4,7-8,10-13,17H,2,5-6,9H2,1H3,(H2,19,20,21)/t13-,17-/m0/s1.